The van der Waals surface area contributed by atoms with Crippen molar-refractivity contribution in [1.82, 2.24) is 15.5 Å². The number of β-amino-alcohol motifs (C(OH)–C–C–N with tert-alkyl or cyclic N) is 1. The van der Waals surface area contributed by atoms with Crippen molar-refractivity contribution < 1.29 is 14.4 Å². The van der Waals surface area contributed by atoms with E-state index in [1.807, 2.05) is 24.3 Å². The second-order valence-electron chi connectivity index (χ2n) is 5.26. The van der Waals surface area contributed by atoms with Gasteiger partial charge in [0.1, 0.15) is 5.75 Å². The van der Waals surface area contributed by atoms with Crippen molar-refractivity contribution in [1.29, 1.82) is 0 Å². The van der Waals surface area contributed by atoms with Gasteiger partial charge in [-0.15, -0.1) is 0 Å². The minimum absolute atomic E-state index is 0.0602. The van der Waals surface area contributed by atoms with Crippen LogP contribution in [0.25, 0.3) is 0 Å². The number of nitrogens with zero attached hydrogens (tertiary/aromatic N) is 2. The van der Waals surface area contributed by atoms with E-state index in [-0.39, 0.29) is 18.2 Å². The Morgan fingerprint density at radius 3 is 3.00 bits per heavy atom. The van der Waals surface area contributed by atoms with Crippen LogP contribution in [0.15, 0.2) is 28.8 Å². The molecule has 2 N–H and O–H groups in total. The zero-order chi connectivity index (χ0) is 13.5. The second kappa shape index (κ2) is 4.57. The molecule has 3 atom stereocenters. The van der Waals surface area contributed by atoms with E-state index in [1.165, 1.54) is 5.56 Å². The van der Waals surface area contributed by atoms with E-state index in [4.69, 9.17) is 9.26 Å². The van der Waals surface area contributed by atoms with Crippen LogP contribution in [0.4, 0.5) is 0 Å². The highest BCUT2D eigenvalue weighted by Gasteiger charge is 2.32. The third-order valence-corrected chi connectivity index (χ3v) is 3.80. The van der Waals surface area contributed by atoms with Crippen LogP contribution in [0.3, 0.4) is 0 Å². The maximum absolute atomic E-state index is 9.52. The monoisotopic (exact) mass is 273 g/mol. The number of nitrogens with one attached hydrogen (secondary N) is 1. The summed E-state index contributed by atoms with van der Waals surface area (Å²) in [5.41, 5.74) is 1.17. The molecule has 4 rings (SSSR count). The minimum atomic E-state index is -0.345. The summed E-state index contributed by atoms with van der Waals surface area (Å²) < 4.78 is 11.1. The molecular formula is C14H15N3O3. The number of ether oxygens (including phenoxy) is 1. The predicted octanol–water partition coefficient (Wildman–Crippen LogP) is 1.14. The Hall–Kier alpha value is -1.92. The fraction of sp³-hybridized carbons (Fsp3) is 0.429. The molecule has 104 valence electrons. The van der Waals surface area contributed by atoms with Crippen LogP contribution >= 0.6 is 0 Å². The average Bonchev–Trinajstić information content (AvgIpc) is 3.16. The van der Waals surface area contributed by atoms with Gasteiger partial charge in [0.15, 0.2) is 6.10 Å². The highest BCUT2D eigenvalue weighted by atomic mass is 16.5. The SMILES string of the molecule is OC1CNC(c2nc(C3Cc4ccccc4O3)no2)C1. The molecule has 1 aromatic carbocycles. The van der Waals surface area contributed by atoms with Gasteiger partial charge in [-0.2, -0.15) is 4.98 Å². The van der Waals surface area contributed by atoms with Crippen LogP contribution in [0, 0.1) is 0 Å². The maximum Gasteiger partial charge on any atom is 0.244 e. The van der Waals surface area contributed by atoms with Crippen LogP contribution in [-0.2, 0) is 6.42 Å². The Morgan fingerprint density at radius 1 is 1.30 bits per heavy atom. The first kappa shape index (κ1) is 11.9. The quantitative estimate of drug-likeness (QED) is 0.854. The number of hydrogen-bond donors (Lipinski definition) is 2. The highest BCUT2D eigenvalue weighted by molar-refractivity contribution is 5.37. The molecule has 2 aliphatic heterocycles. The lowest BCUT2D eigenvalue weighted by Crippen LogP contribution is -2.15. The topological polar surface area (TPSA) is 80.4 Å². The molecule has 20 heavy (non-hydrogen) atoms. The summed E-state index contributed by atoms with van der Waals surface area (Å²) >= 11 is 0. The number of fused-ring (bicyclic) bond motifs is 1. The van der Waals surface area contributed by atoms with Crippen LogP contribution in [-0.4, -0.2) is 27.9 Å². The molecule has 2 aromatic rings. The summed E-state index contributed by atoms with van der Waals surface area (Å²) in [4.78, 5) is 4.42. The van der Waals surface area contributed by atoms with E-state index in [2.05, 4.69) is 15.5 Å². The Kier molecular flexibility index (Phi) is 2.71. The molecule has 3 heterocycles. The normalized spacial score (nSPS) is 28.4. The lowest BCUT2D eigenvalue weighted by atomic mass is 10.1. The van der Waals surface area contributed by atoms with Gasteiger partial charge in [0.05, 0.1) is 12.1 Å². The molecule has 6 heteroatoms. The van der Waals surface area contributed by atoms with Gasteiger partial charge in [0.25, 0.3) is 0 Å². The third-order valence-electron chi connectivity index (χ3n) is 3.80. The standard InChI is InChI=1S/C14H15N3O3/c18-9-6-10(15-7-9)14-16-13(17-20-14)12-5-8-3-1-2-4-11(8)19-12/h1-4,9-10,12,15,18H,5-7H2. The van der Waals surface area contributed by atoms with E-state index < -0.39 is 0 Å². The van der Waals surface area contributed by atoms with Gasteiger partial charge in [-0.3, -0.25) is 0 Å². The van der Waals surface area contributed by atoms with Crippen LogP contribution in [0.5, 0.6) is 5.75 Å². The molecule has 0 saturated carbocycles. The van der Waals surface area contributed by atoms with Crippen molar-refractivity contribution in [2.24, 2.45) is 0 Å². The molecular weight excluding hydrogens is 258 g/mol. The summed E-state index contributed by atoms with van der Waals surface area (Å²) in [5, 5.41) is 16.7. The van der Waals surface area contributed by atoms with Gasteiger partial charge in [0.2, 0.25) is 11.7 Å². The zero-order valence-corrected chi connectivity index (χ0v) is 10.8. The van der Waals surface area contributed by atoms with Gasteiger partial charge in [0, 0.05) is 13.0 Å². The molecule has 3 unspecified atom stereocenters. The number of para-hydroxylation sites is 1. The first-order chi connectivity index (χ1) is 9.79. The van der Waals surface area contributed by atoms with Gasteiger partial charge in [-0.05, 0) is 18.1 Å². The molecule has 0 aliphatic carbocycles. The molecule has 1 saturated heterocycles. The van der Waals surface area contributed by atoms with E-state index in [1.54, 1.807) is 0 Å². The smallest absolute Gasteiger partial charge is 0.244 e. The predicted molar refractivity (Wildman–Crippen MR) is 69.2 cm³/mol. The Morgan fingerprint density at radius 2 is 2.20 bits per heavy atom. The number of aliphatic hydroxyl groups is 1. The molecule has 1 fully saturated rings. The Labute approximate surface area is 115 Å². The van der Waals surface area contributed by atoms with Crippen LogP contribution in [0.1, 0.15) is 35.8 Å². The summed E-state index contributed by atoms with van der Waals surface area (Å²) in [6.07, 6.45) is 0.835. The largest absolute Gasteiger partial charge is 0.482 e. The number of benzene rings is 1. The fourth-order valence-electron chi connectivity index (χ4n) is 2.75. The lowest BCUT2D eigenvalue weighted by molar-refractivity contribution is 0.190. The van der Waals surface area contributed by atoms with Gasteiger partial charge >= 0.3 is 0 Å². The van der Waals surface area contributed by atoms with E-state index in [0.29, 0.717) is 24.7 Å². The molecule has 0 spiro atoms. The fourth-order valence-corrected chi connectivity index (χ4v) is 2.75. The molecule has 0 bridgehead atoms. The molecule has 1 aromatic heterocycles. The maximum atomic E-state index is 9.52. The van der Waals surface area contributed by atoms with Crippen molar-refractivity contribution >= 4 is 0 Å². The number of rotatable bonds is 2. The van der Waals surface area contributed by atoms with E-state index >= 15 is 0 Å². The first-order valence-corrected chi connectivity index (χ1v) is 6.79. The second-order valence-corrected chi connectivity index (χ2v) is 5.26. The van der Waals surface area contributed by atoms with Crippen molar-refractivity contribution in [3.63, 3.8) is 0 Å². The average molecular weight is 273 g/mol. The summed E-state index contributed by atoms with van der Waals surface area (Å²) in [5.74, 6) is 1.98. The molecule has 0 radical (unpaired) electrons. The minimum Gasteiger partial charge on any atom is -0.482 e. The summed E-state index contributed by atoms with van der Waals surface area (Å²) in [7, 11) is 0. The Bertz CT molecular complexity index is 603. The molecule has 6 nitrogen and oxygen atoms in total. The van der Waals surface area contributed by atoms with Gasteiger partial charge in [-0.1, -0.05) is 23.4 Å². The zero-order valence-electron chi connectivity index (χ0n) is 10.8. The molecule has 0 amide bonds. The van der Waals surface area contributed by atoms with Crippen LogP contribution < -0.4 is 10.1 Å². The van der Waals surface area contributed by atoms with Gasteiger partial charge < -0.3 is 19.7 Å². The lowest BCUT2D eigenvalue weighted by Gasteiger charge is -2.05. The summed E-state index contributed by atoms with van der Waals surface area (Å²) in [6, 6.07) is 7.88. The third kappa shape index (κ3) is 1.97. The van der Waals surface area contributed by atoms with Crippen molar-refractivity contribution in [2.45, 2.75) is 31.1 Å². The Balaban J connectivity index is 1.52. The number of aliphatic hydroxyl groups excluding tert-OH is 1. The van der Waals surface area contributed by atoms with Gasteiger partial charge in [-0.25, -0.2) is 0 Å². The number of hydrogen-bond acceptors (Lipinski definition) is 6. The van der Waals surface area contributed by atoms with Crippen molar-refractivity contribution in [2.75, 3.05) is 6.54 Å². The highest BCUT2D eigenvalue weighted by Crippen LogP contribution is 2.35. The van der Waals surface area contributed by atoms with Crippen molar-refractivity contribution in [3.8, 4) is 5.75 Å². The van der Waals surface area contributed by atoms with Crippen LogP contribution in [0.2, 0.25) is 0 Å². The van der Waals surface area contributed by atoms with E-state index in [0.717, 1.165) is 12.2 Å². The summed E-state index contributed by atoms with van der Waals surface area (Å²) in [6.45, 7) is 0.563. The van der Waals surface area contributed by atoms with E-state index in [9.17, 15) is 5.11 Å². The first-order valence-electron chi connectivity index (χ1n) is 6.79. The number of aromatic nitrogens is 2. The van der Waals surface area contributed by atoms with Crippen molar-refractivity contribution in [3.05, 3.63) is 41.5 Å². The molecule has 2 aliphatic rings.